The highest BCUT2D eigenvalue weighted by atomic mass is 19.1. The zero-order chi connectivity index (χ0) is 21.6. The number of anilines is 1. The molecule has 0 spiro atoms. The monoisotopic (exact) mass is 419 g/mol. The fraction of sp³-hybridized carbons (Fsp3) is 0.619. The third-order valence-corrected chi connectivity index (χ3v) is 6.41. The van der Waals surface area contributed by atoms with Gasteiger partial charge in [-0.25, -0.2) is 9.18 Å². The second-order valence-corrected chi connectivity index (χ2v) is 8.67. The molecule has 164 valence electrons. The molecule has 4 rings (SSSR count). The van der Waals surface area contributed by atoms with Crippen LogP contribution < -0.4 is 27.7 Å². The van der Waals surface area contributed by atoms with Crippen LogP contribution in [0.25, 0.3) is 10.9 Å². The lowest BCUT2D eigenvalue weighted by atomic mass is 9.98. The molecule has 4 N–H and O–H groups in total. The van der Waals surface area contributed by atoms with Gasteiger partial charge >= 0.3 is 5.69 Å². The largest absolute Gasteiger partial charge is 0.385 e. The fourth-order valence-electron chi connectivity index (χ4n) is 4.76. The van der Waals surface area contributed by atoms with Crippen molar-refractivity contribution in [2.45, 2.75) is 51.1 Å². The van der Waals surface area contributed by atoms with Crippen molar-refractivity contribution in [2.75, 3.05) is 37.5 Å². The minimum absolute atomic E-state index is 0.0116. The van der Waals surface area contributed by atoms with Crippen LogP contribution in [0.3, 0.4) is 0 Å². The topological polar surface area (TPSA) is 109 Å². The Morgan fingerprint density at radius 2 is 2.03 bits per heavy atom. The Morgan fingerprint density at radius 1 is 1.30 bits per heavy atom. The van der Waals surface area contributed by atoms with Crippen LogP contribution in [0.15, 0.2) is 15.7 Å². The van der Waals surface area contributed by atoms with Crippen LogP contribution in [0.4, 0.5) is 10.1 Å². The average Bonchev–Trinajstić information content (AvgIpc) is 3.45. The highest BCUT2D eigenvalue weighted by Crippen LogP contribution is 2.39. The highest BCUT2D eigenvalue weighted by Gasteiger charge is 2.32. The number of benzene rings is 1. The minimum atomic E-state index is -0.663. The quantitative estimate of drug-likeness (QED) is 0.654. The lowest BCUT2D eigenvalue weighted by molar-refractivity contribution is 0.184. The van der Waals surface area contributed by atoms with Gasteiger partial charge in [-0.1, -0.05) is 0 Å². The van der Waals surface area contributed by atoms with Gasteiger partial charge in [0.1, 0.15) is 5.82 Å². The van der Waals surface area contributed by atoms with E-state index >= 15 is 4.39 Å². The van der Waals surface area contributed by atoms with Gasteiger partial charge in [0, 0.05) is 44.5 Å². The molecular weight excluding hydrogens is 389 g/mol. The molecule has 1 saturated heterocycles. The zero-order valence-electron chi connectivity index (χ0n) is 17.6. The minimum Gasteiger partial charge on any atom is -0.385 e. The summed E-state index contributed by atoms with van der Waals surface area (Å²) in [6.07, 6.45) is 4.29. The van der Waals surface area contributed by atoms with Crippen LogP contribution in [0.5, 0.6) is 0 Å². The Balaban J connectivity index is 1.71. The van der Waals surface area contributed by atoms with Gasteiger partial charge in [0.05, 0.1) is 16.6 Å². The van der Waals surface area contributed by atoms with Gasteiger partial charge < -0.3 is 21.2 Å². The third-order valence-electron chi connectivity index (χ3n) is 6.41. The zero-order valence-corrected chi connectivity index (χ0v) is 17.6. The Labute approximate surface area is 174 Å². The van der Waals surface area contributed by atoms with Gasteiger partial charge in [-0.15, -0.1) is 0 Å². The molecule has 1 aromatic carbocycles. The lowest BCUT2D eigenvalue weighted by Gasteiger charge is -2.24. The predicted molar refractivity (Wildman–Crippen MR) is 115 cm³/mol. The van der Waals surface area contributed by atoms with E-state index in [1.165, 1.54) is 6.07 Å². The summed E-state index contributed by atoms with van der Waals surface area (Å²) in [6.45, 7) is 3.84. The van der Waals surface area contributed by atoms with Crippen LogP contribution >= 0.6 is 0 Å². The number of ether oxygens (including phenoxy) is 1. The van der Waals surface area contributed by atoms with Crippen molar-refractivity contribution in [3.63, 3.8) is 0 Å². The van der Waals surface area contributed by atoms with Crippen LogP contribution in [-0.4, -0.2) is 42.1 Å². The summed E-state index contributed by atoms with van der Waals surface area (Å²) in [7, 11) is 1.66. The van der Waals surface area contributed by atoms with Crippen molar-refractivity contribution in [3.05, 3.63) is 38.3 Å². The molecule has 8 nitrogen and oxygen atoms in total. The fourth-order valence-corrected chi connectivity index (χ4v) is 4.76. The van der Waals surface area contributed by atoms with Gasteiger partial charge in [0.2, 0.25) is 0 Å². The number of aromatic nitrogens is 2. The molecule has 2 fully saturated rings. The second kappa shape index (κ2) is 8.03. The van der Waals surface area contributed by atoms with Gasteiger partial charge in [-0.2, -0.15) is 4.68 Å². The van der Waals surface area contributed by atoms with Crippen molar-refractivity contribution in [2.24, 2.45) is 11.7 Å². The molecule has 0 unspecified atom stereocenters. The number of nitrogens with two attached hydrogens (primary N) is 2. The van der Waals surface area contributed by atoms with Gasteiger partial charge in [-0.05, 0) is 51.0 Å². The predicted octanol–water partition coefficient (Wildman–Crippen LogP) is 1.24. The molecule has 2 aromatic rings. The molecule has 1 aromatic heterocycles. The summed E-state index contributed by atoms with van der Waals surface area (Å²) in [4.78, 5) is 27.3. The first-order valence-electron chi connectivity index (χ1n) is 10.6. The summed E-state index contributed by atoms with van der Waals surface area (Å²) in [5.41, 5.74) is 6.60. The van der Waals surface area contributed by atoms with Crippen molar-refractivity contribution < 1.29 is 9.13 Å². The normalized spacial score (nSPS) is 20.3. The highest BCUT2D eigenvalue weighted by molar-refractivity contribution is 5.87. The lowest BCUT2D eigenvalue weighted by Crippen LogP contribution is -2.44. The Hall–Kier alpha value is -2.39. The number of nitrogen functional groups attached to an aromatic ring is 1. The molecule has 0 radical (unpaired) electrons. The summed E-state index contributed by atoms with van der Waals surface area (Å²) >= 11 is 0. The maximum Gasteiger partial charge on any atom is 0.350 e. The number of hydrogen-bond acceptors (Lipinski definition) is 6. The van der Waals surface area contributed by atoms with Crippen molar-refractivity contribution in [1.29, 1.82) is 0 Å². The first-order chi connectivity index (χ1) is 14.3. The third kappa shape index (κ3) is 3.60. The van der Waals surface area contributed by atoms with Gasteiger partial charge in [0.15, 0.2) is 0 Å². The van der Waals surface area contributed by atoms with E-state index in [-0.39, 0.29) is 17.5 Å². The first-order valence-corrected chi connectivity index (χ1v) is 10.6. The number of aryl methyl sites for hydroxylation is 1. The molecule has 0 bridgehead atoms. The standard InChI is InChI=1S/C21H30FN5O3/c1-12-18-16(20(28)27(24)21(29)26(18)15-3-4-15)10-17(22)19(12)25-7-5-13(11-25)9-14(23)6-8-30-2/h10,13-15H,3-9,11,23-24H2,1-2H3/t13-,14-/m1/s1. The SMILES string of the molecule is COCC[C@@H](N)C[C@H]1CCN(c2c(F)cc3c(=O)n(N)c(=O)n(C4CC4)c3c2C)C1. The Morgan fingerprint density at radius 3 is 2.70 bits per heavy atom. The number of hydrogen-bond donors (Lipinski definition) is 2. The van der Waals surface area contributed by atoms with Crippen molar-refractivity contribution >= 4 is 16.6 Å². The molecule has 0 amide bonds. The van der Waals surface area contributed by atoms with Crippen LogP contribution in [0.1, 0.15) is 43.7 Å². The van der Waals surface area contributed by atoms with Crippen LogP contribution in [-0.2, 0) is 4.74 Å². The van der Waals surface area contributed by atoms with E-state index in [2.05, 4.69) is 0 Å². The molecular formula is C21H30FN5O3. The summed E-state index contributed by atoms with van der Waals surface area (Å²) < 4.78 is 22.5. The number of methoxy groups -OCH3 is 1. The smallest absolute Gasteiger partial charge is 0.350 e. The van der Waals surface area contributed by atoms with Crippen molar-refractivity contribution in [3.8, 4) is 0 Å². The molecule has 1 aliphatic heterocycles. The number of fused-ring (bicyclic) bond motifs is 1. The van der Waals surface area contributed by atoms with Crippen LogP contribution in [0.2, 0.25) is 0 Å². The van der Waals surface area contributed by atoms with E-state index in [0.717, 1.165) is 32.1 Å². The summed E-state index contributed by atoms with van der Waals surface area (Å²) in [5.74, 6) is 5.60. The van der Waals surface area contributed by atoms with E-state index < -0.39 is 17.1 Å². The average molecular weight is 420 g/mol. The Kier molecular flexibility index (Phi) is 5.59. The number of rotatable bonds is 7. The maximum absolute atomic E-state index is 15.2. The second-order valence-electron chi connectivity index (χ2n) is 8.67. The number of nitrogens with zero attached hydrogens (tertiary/aromatic N) is 3. The van der Waals surface area contributed by atoms with Gasteiger partial charge in [-0.3, -0.25) is 9.36 Å². The van der Waals surface area contributed by atoms with Crippen LogP contribution in [0, 0.1) is 18.7 Å². The van der Waals surface area contributed by atoms with Gasteiger partial charge in [0.25, 0.3) is 5.56 Å². The summed E-state index contributed by atoms with van der Waals surface area (Å²) in [6, 6.07) is 1.30. The first kappa shape index (κ1) is 20.9. The molecule has 1 saturated carbocycles. The summed E-state index contributed by atoms with van der Waals surface area (Å²) in [5, 5.41) is 0.153. The molecule has 9 heteroatoms. The van der Waals surface area contributed by atoms with E-state index in [9.17, 15) is 9.59 Å². The molecule has 2 atom stereocenters. The van der Waals surface area contributed by atoms with E-state index in [0.29, 0.717) is 47.1 Å². The maximum atomic E-state index is 15.2. The van der Waals surface area contributed by atoms with Crippen molar-refractivity contribution in [1.82, 2.24) is 9.24 Å². The molecule has 1 aliphatic carbocycles. The number of halogens is 1. The van der Waals surface area contributed by atoms with E-state index in [1.807, 2.05) is 4.90 Å². The molecule has 2 aliphatic rings. The Bertz CT molecular complexity index is 1080. The van der Waals surface area contributed by atoms with E-state index in [4.69, 9.17) is 16.3 Å². The molecule has 30 heavy (non-hydrogen) atoms. The van der Waals surface area contributed by atoms with E-state index in [1.54, 1.807) is 18.6 Å². The molecule has 2 heterocycles.